The van der Waals surface area contributed by atoms with Crippen LogP contribution in [-0.2, 0) is 16.2 Å². The molecule has 1 aromatic carbocycles. The first-order valence-electron chi connectivity index (χ1n) is 6.30. The second-order valence-electron chi connectivity index (χ2n) is 4.81. The Labute approximate surface area is 129 Å². The summed E-state index contributed by atoms with van der Waals surface area (Å²) in [5.41, 5.74) is -0.993. The van der Waals surface area contributed by atoms with E-state index in [1.807, 2.05) is 0 Å². The van der Waals surface area contributed by atoms with Crippen molar-refractivity contribution in [2.75, 3.05) is 13.1 Å². The number of hydrogen-bond acceptors (Lipinski definition) is 3. The van der Waals surface area contributed by atoms with Crippen molar-refractivity contribution in [1.29, 1.82) is 0 Å². The molecule has 4 nitrogen and oxygen atoms in total. The largest absolute Gasteiger partial charge is 0.416 e. The maximum Gasteiger partial charge on any atom is 0.416 e. The van der Waals surface area contributed by atoms with Gasteiger partial charge in [-0.25, -0.2) is 13.1 Å². The average molecular weight is 387 g/mol. The fourth-order valence-electron chi connectivity index (χ4n) is 2.12. The summed E-state index contributed by atoms with van der Waals surface area (Å²) in [7, 11) is -4.01. The van der Waals surface area contributed by atoms with Crippen molar-refractivity contribution in [2.45, 2.75) is 30.0 Å². The van der Waals surface area contributed by atoms with E-state index in [9.17, 15) is 21.6 Å². The molecule has 0 saturated carbocycles. The van der Waals surface area contributed by atoms with Gasteiger partial charge >= 0.3 is 6.18 Å². The van der Waals surface area contributed by atoms with E-state index in [1.54, 1.807) is 0 Å². The normalized spacial score (nSPS) is 20.5. The molecule has 0 aliphatic carbocycles. The lowest BCUT2D eigenvalue weighted by atomic mass is 10.1. The minimum Gasteiger partial charge on any atom is -0.315 e. The zero-order valence-electron chi connectivity index (χ0n) is 10.9. The van der Waals surface area contributed by atoms with Crippen LogP contribution >= 0.6 is 15.9 Å². The van der Waals surface area contributed by atoms with Gasteiger partial charge in [-0.1, -0.05) is 0 Å². The van der Waals surface area contributed by atoms with E-state index in [-0.39, 0.29) is 10.5 Å². The summed E-state index contributed by atoms with van der Waals surface area (Å²) in [6.07, 6.45) is -3.11. The Morgan fingerprint density at radius 1 is 1.33 bits per heavy atom. The summed E-state index contributed by atoms with van der Waals surface area (Å²) in [6.45, 7) is 1.28. The third-order valence-corrected chi connectivity index (χ3v) is 5.68. The van der Waals surface area contributed by atoms with Crippen LogP contribution in [0.4, 0.5) is 13.2 Å². The van der Waals surface area contributed by atoms with Crippen molar-refractivity contribution in [1.82, 2.24) is 10.0 Å². The average Bonchev–Trinajstić information content (AvgIpc) is 2.38. The first-order valence-corrected chi connectivity index (χ1v) is 8.57. The summed E-state index contributed by atoms with van der Waals surface area (Å²) in [5, 5.41) is 3.04. The predicted octanol–water partition coefficient (Wildman–Crippen LogP) is 2.50. The number of benzene rings is 1. The van der Waals surface area contributed by atoms with Crippen LogP contribution in [-0.4, -0.2) is 27.5 Å². The molecule has 9 heteroatoms. The van der Waals surface area contributed by atoms with E-state index in [4.69, 9.17) is 0 Å². The van der Waals surface area contributed by atoms with Crippen molar-refractivity contribution in [3.63, 3.8) is 0 Å². The van der Waals surface area contributed by atoms with Crippen molar-refractivity contribution >= 4 is 26.0 Å². The highest BCUT2D eigenvalue weighted by Crippen LogP contribution is 2.33. The minimum absolute atomic E-state index is 0.103. The fourth-order valence-corrected chi connectivity index (χ4v) is 4.38. The highest BCUT2D eigenvalue weighted by atomic mass is 79.9. The van der Waals surface area contributed by atoms with Crippen molar-refractivity contribution in [3.8, 4) is 0 Å². The number of piperidine rings is 1. The van der Waals surface area contributed by atoms with Gasteiger partial charge in [-0.05, 0) is 53.5 Å². The predicted molar refractivity (Wildman–Crippen MR) is 75.4 cm³/mol. The summed E-state index contributed by atoms with van der Waals surface area (Å²) in [5.74, 6) is 0. The van der Waals surface area contributed by atoms with Crippen LogP contribution in [0.25, 0.3) is 0 Å². The topological polar surface area (TPSA) is 58.2 Å². The molecular weight excluding hydrogens is 373 g/mol. The van der Waals surface area contributed by atoms with E-state index < -0.39 is 26.7 Å². The second-order valence-corrected chi connectivity index (χ2v) is 7.34. The maximum atomic E-state index is 12.7. The van der Waals surface area contributed by atoms with Crippen LogP contribution in [0.1, 0.15) is 18.4 Å². The van der Waals surface area contributed by atoms with E-state index in [1.165, 1.54) is 0 Å². The van der Waals surface area contributed by atoms with Crippen molar-refractivity contribution in [2.24, 2.45) is 0 Å². The summed E-state index contributed by atoms with van der Waals surface area (Å²) in [4.78, 5) is -0.400. The van der Waals surface area contributed by atoms with Gasteiger partial charge in [0.2, 0.25) is 10.0 Å². The van der Waals surface area contributed by atoms with E-state index in [0.29, 0.717) is 19.0 Å². The lowest BCUT2D eigenvalue weighted by Crippen LogP contribution is -2.45. The molecule has 1 aliphatic heterocycles. The molecule has 0 radical (unpaired) electrons. The number of hydrogen-bond donors (Lipinski definition) is 2. The minimum atomic E-state index is -4.59. The molecule has 0 bridgehead atoms. The quantitative estimate of drug-likeness (QED) is 0.838. The molecule has 1 aromatic rings. The molecule has 1 atom stereocenters. The first kappa shape index (κ1) is 16.7. The zero-order valence-corrected chi connectivity index (χ0v) is 13.3. The monoisotopic (exact) mass is 386 g/mol. The molecule has 0 spiro atoms. The maximum absolute atomic E-state index is 12.7. The Bertz CT molecular complexity index is 613. The summed E-state index contributed by atoms with van der Waals surface area (Å²) in [6, 6.07) is 2.26. The molecule has 2 rings (SSSR count). The molecule has 1 aliphatic rings. The van der Waals surface area contributed by atoms with Gasteiger partial charge in [0.05, 0.1) is 10.5 Å². The van der Waals surface area contributed by atoms with E-state index >= 15 is 0 Å². The van der Waals surface area contributed by atoms with Gasteiger partial charge in [-0.3, -0.25) is 0 Å². The van der Waals surface area contributed by atoms with Crippen LogP contribution < -0.4 is 10.0 Å². The van der Waals surface area contributed by atoms with Crippen molar-refractivity contribution in [3.05, 3.63) is 28.2 Å². The van der Waals surface area contributed by atoms with Gasteiger partial charge in [0.15, 0.2) is 0 Å². The third kappa shape index (κ3) is 4.18. The van der Waals surface area contributed by atoms with Crippen molar-refractivity contribution < 1.29 is 21.6 Å². The molecule has 2 N–H and O–H groups in total. The lowest BCUT2D eigenvalue weighted by Gasteiger charge is -2.24. The van der Waals surface area contributed by atoms with Crippen LogP contribution in [0, 0.1) is 0 Å². The van der Waals surface area contributed by atoms with Crippen LogP contribution in [0.15, 0.2) is 27.6 Å². The molecule has 1 saturated heterocycles. The molecule has 0 aromatic heterocycles. The molecular formula is C12H14BrF3N2O2S. The van der Waals surface area contributed by atoms with Gasteiger partial charge in [0, 0.05) is 17.1 Å². The molecule has 0 amide bonds. The molecule has 1 unspecified atom stereocenters. The van der Waals surface area contributed by atoms with E-state index in [0.717, 1.165) is 25.1 Å². The number of halogens is 4. The van der Waals surface area contributed by atoms with Gasteiger partial charge in [0.1, 0.15) is 0 Å². The van der Waals surface area contributed by atoms with Gasteiger partial charge in [0.25, 0.3) is 0 Å². The first-order chi connectivity index (χ1) is 9.70. The lowest BCUT2D eigenvalue weighted by molar-refractivity contribution is -0.137. The third-order valence-electron chi connectivity index (χ3n) is 3.17. The molecule has 1 fully saturated rings. The van der Waals surface area contributed by atoms with Gasteiger partial charge in [-0.2, -0.15) is 13.2 Å². The number of sulfonamides is 1. The van der Waals surface area contributed by atoms with Crippen LogP contribution in [0.3, 0.4) is 0 Å². The Kier molecular flexibility index (Phi) is 4.96. The number of rotatable bonds is 3. The Morgan fingerprint density at radius 3 is 2.62 bits per heavy atom. The summed E-state index contributed by atoms with van der Waals surface area (Å²) >= 11 is 3.00. The smallest absolute Gasteiger partial charge is 0.315 e. The second kappa shape index (κ2) is 6.23. The Balaban J connectivity index is 2.30. The molecule has 118 valence electrons. The highest BCUT2D eigenvalue weighted by molar-refractivity contribution is 9.10. The van der Waals surface area contributed by atoms with Crippen LogP contribution in [0.2, 0.25) is 0 Å². The Hall–Kier alpha value is -0.640. The van der Waals surface area contributed by atoms with Crippen LogP contribution in [0.5, 0.6) is 0 Å². The number of alkyl halides is 3. The highest BCUT2D eigenvalue weighted by Gasteiger charge is 2.33. The number of nitrogens with one attached hydrogen (secondary N) is 2. The van der Waals surface area contributed by atoms with Gasteiger partial charge < -0.3 is 5.32 Å². The van der Waals surface area contributed by atoms with Gasteiger partial charge in [-0.15, -0.1) is 0 Å². The fraction of sp³-hybridized carbons (Fsp3) is 0.500. The Morgan fingerprint density at radius 2 is 2.05 bits per heavy atom. The SMILES string of the molecule is O=S(=O)(NC1CCCNC1)c1cc(C(F)(F)F)ccc1Br. The molecule has 21 heavy (non-hydrogen) atoms. The summed E-state index contributed by atoms with van der Waals surface area (Å²) < 4.78 is 65.2. The molecule has 1 heterocycles. The van der Waals surface area contributed by atoms with E-state index in [2.05, 4.69) is 26.0 Å². The zero-order chi connectivity index (χ0) is 15.7. The standard InChI is InChI=1S/C12H14BrF3N2O2S/c13-10-4-3-8(12(14,15)16)6-11(10)21(19,20)18-9-2-1-5-17-7-9/h3-4,6,9,17-18H,1-2,5,7H2.